The molecular weight excluding hydrogens is 244 g/mol. The Labute approximate surface area is 104 Å². The third kappa shape index (κ3) is 4.45. The highest BCUT2D eigenvalue weighted by Gasteiger charge is 2.30. The minimum absolute atomic E-state index is 0.219. The van der Waals surface area contributed by atoms with Crippen LogP contribution in [0.1, 0.15) is 27.2 Å². The van der Waals surface area contributed by atoms with Crippen LogP contribution >= 0.6 is 23.5 Å². The molecule has 0 radical (unpaired) electrons. The number of nitriles is 1. The summed E-state index contributed by atoms with van der Waals surface area (Å²) in [6, 6.07) is 0. The molecule has 0 N–H and O–H groups in total. The lowest BCUT2D eigenvalue weighted by Crippen LogP contribution is -2.32. The molecule has 16 heavy (non-hydrogen) atoms. The standard InChI is InChI=1S/C10H14N2O2S2/c1-10(2,3)14-8(13)7-4-5-15-9(16-7)12-6-11/h7H,4-5H2,1-3H3. The number of carbonyl (C=O) groups excluding carboxylic acids is 1. The molecule has 0 saturated carbocycles. The Morgan fingerprint density at radius 2 is 2.31 bits per heavy atom. The number of hydrogen-bond donors (Lipinski definition) is 0. The van der Waals surface area contributed by atoms with Gasteiger partial charge in [-0.15, -0.1) is 0 Å². The van der Waals surface area contributed by atoms with E-state index in [0.29, 0.717) is 4.38 Å². The van der Waals surface area contributed by atoms with Gasteiger partial charge < -0.3 is 4.74 Å². The SMILES string of the molecule is CC(C)(C)OC(=O)C1CCSC(=NC#N)S1. The minimum Gasteiger partial charge on any atom is -0.459 e. The topological polar surface area (TPSA) is 62.4 Å². The first kappa shape index (κ1) is 13.4. The van der Waals surface area contributed by atoms with Crippen LogP contribution in [0, 0.1) is 11.5 Å². The van der Waals surface area contributed by atoms with Crippen LogP contribution in [0.2, 0.25) is 0 Å². The van der Waals surface area contributed by atoms with Crippen molar-refractivity contribution in [3.63, 3.8) is 0 Å². The van der Waals surface area contributed by atoms with Crippen molar-refractivity contribution in [1.82, 2.24) is 0 Å². The lowest BCUT2D eigenvalue weighted by atomic mass is 10.2. The number of carbonyl (C=O) groups is 1. The third-order valence-corrected chi connectivity index (χ3v) is 4.09. The maximum absolute atomic E-state index is 11.8. The number of esters is 1. The summed E-state index contributed by atoms with van der Waals surface area (Å²) in [7, 11) is 0. The van der Waals surface area contributed by atoms with Crippen LogP contribution < -0.4 is 0 Å². The predicted molar refractivity (Wildman–Crippen MR) is 67.3 cm³/mol. The van der Waals surface area contributed by atoms with Gasteiger partial charge in [0, 0.05) is 5.75 Å². The quantitative estimate of drug-likeness (QED) is 0.534. The summed E-state index contributed by atoms with van der Waals surface area (Å²) >= 11 is 2.83. The molecule has 4 nitrogen and oxygen atoms in total. The fraction of sp³-hybridized carbons (Fsp3) is 0.700. The smallest absolute Gasteiger partial charge is 0.320 e. The van der Waals surface area contributed by atoms with E-state index in [2.05, 4.69) is 4.99 Å². The zero-order chi connectivity index (χ0) is 12.2. The summed E-state index contributed by atoms with van der Waals surface area (Å²) in [5.74, 6) is 0.584. The molecule has 0 aromatic rings. The zero-order valence-corrected chi connectivity index (χ0v) is 11.2. The van der Waals surface area contributed by atoms with Gasteiger partial charge in [-0.3, -0.25) is 4.79 Å². The van der Waals surface area contributed by atoms with Crippen LogP contribution in [0.5, 0.6) is 0 Å². The first-order valence-corrected chi connectivity index (χ1v) is 6.78. The maximum Gasteiger partial charge on any atom is 0.320 e. The molecule has 0 aliphatic carbocycles. The number of nitrogens with zero attached hydrogens (tertiary/aromatic N) is 2. The van der Waals surface area contributed by atoms with Gasteiger partial charge in [-0.05, 0) is 27.2 Å². The van der Waals surface area contributed by atoms with E-state index in [1.54, 1.807) is 6.19 Å². The molecule has 0 aromatic heterocycles. The molecule has 0 amide bonds. The highest BCUT2D eigenvalue weighted by molar-refractivity contribution is 8.39. The van der Waals surface area contributed by atoms with E-state index in [1.807, 2.05) is 20.8 Å². The van der Waals surface area contributed by atoms with Crippen molar-refractivity contribution in [3.8, 4) is 6.19 Å². The molecule has 1 saturated heterocycles. The number of rotatable bonds is 1. The summed E-state index contributed by atoms with van der Waals surface area (Å²) < 4.78 is 5.95. The van der Waals surface area contributed by atoms with E-state index >= 15 is 0 Å². The third-order valence-electron chi connectivity index (χ3n) is 1.66. The maximum atomic E-state index is 11.8. The molecule has 1 aliphatic heterocycles. The van der Waals surface area contributed by atoms with E-state index in [0.717, 1.165) is 12.2 Å². The van der Waals surface area contributed by atoms with Crippen LogP contribution in [0.25, 0.3) is 0 Å². The Morgan fingerprint density at radius 3 is 2.88 bits per heavy atom. The van der Waals surface area contributed by atoms with Gasteiger partial charge in [0.15, 0.2) is 0 Å². The van der Waals surface area contributed by atoms with Crippen LogP contribution in [-0.2, 0) is 9.53 Å². The van der Waals surface area contributed by atoms with Crippen molar-refractivity contribution in [2.24, 2.45) is 4.99 Å². The van der Waals surface area contributed by atoms with E-state index in [-0.39, 0.29) is 11.2 Å². The summed E-state index contributed by atoms with van der Waals surface area (Å²) in [6.45, 7) is 5.53. The average molecular weight is 258 g/mol. The molecule has 1 unspecified atom stereocenters. The van der Waals surface area contributed by atoms with Gasteiger partial charge in [-0.2, -0.15) is 10.3 Å². The molecule has 1 rings (SSSR count). The van der Waals surface area contributed by atoms with Gasteiger partial charge in [0.05, 0.1) is 0 Å². The van der Waals surface area contributed by atoms with Crippen LogP contribution in [-0.4, -0.2) is 26.9 Å². The van der Waals surface area contributed by atoms with Gasteiger partial charge in [-0.25, -0.2) is 0 Å². The summed E-state index contributed by atoms with van der Waals surface area (Å²) in [4.78, 5) is 15.4. The molecule has 0 bridgehead atoms. The predicted octanol–water partition coefficient (Wildman–Crippen LogP) is 2.40. The Kier molecular flexibility index (Phi) is 4.69. The summed E-state index contributed by atoms with van der Waals surface area (Å²) in [6.07, 6.45) is 2.50. The van der Waals surface area contributed by atoms with E-state index in [9.17, 15) is 4.79 Å². The second-order valence-electron chi connectivity index (χ2n) is 4.25. The number of aliphatic imine (C=N–C) groups is 1. The number of thioether (sulfide) groups is 2. The summed E-state index contributed by atoms with van der Waals surface area (Å²) in [5, 5.41) is 8.22. The van der Waals surface area contributed by atoms with E-state index in [4.69, 9.17) is 10.00 Å². The Morgan fingerprint density at radius 1 is 1.62 bits per heavy atom. The highest BCUT2D eigenvalue weighted by atomic mass is 32.2. The largest absolute Gasteiger partial charge is 0.459 e. The fourth-order valence-electron chi connectivity index (χ4n) is 1.10. The lowest BCUT2D eigenvalue weighted by Gasteiger charge is -2.25. The molecule has 0 aromatic carbocycles. The second kappa shape index (κ2) is 5.60. The zero-order valence-electron chi connectivity index (χ0n) is 9.52. The minimum atomic E-state index is -0.464. The molecule has 6 heteroatoms. The Bertz CT molecular complexity index is 342. The van der Waals surface area contributed by atoms with Crippen molar-refractivity contribution >= 4 is 33.9 Å². The van der Waals surface area contributed by atoms with Crippen molar-refractivity contribution in [1.29, 1.82) is 5.26 Å². The van der Waals surface area contributed by atoms with Crippen LogP contribution in [0.3, 0.4) is 0 Å². The molecule has 0 spiro atoms. The van der Waals surface area contributed by atoms with E-state index in [1.165, 1.54) is 23.5 Å². The van der Waals surface area contributed by atoms with Crippen molar-refractivity contribution in [2.75, 3.05) is 5.75 Å². The molecular formula is C10H14N2O2S2. The van der Waals surface area contributed by atoms with Gasteiger partial charge >= 0.3 is 5.97 Å². The Balaban J connectivity index is 2.58. The number of ether oxygens (including phenoxy) is 1. The normalized spacial score (nSPS) is 23.9. The second-order valence-corrected chi connectivity index (χ2v) is 6.79. The molecule has 1 heterocycles. The van der Waals surface area contributed by atoms with Crippen molar-refractivity contribution in [2.45, 2.75) is 38.0 Å². The van der Waals surface area contributed by atoms with Crippen LogP contribution in [0.4, 0.5) is 0 Å². The summed E-state index contributed by atoms with van der Waals surface area (Å²) in [5.41, 5.74) is -0.464. The van der Waals surface area contributed by atoms with Gasteiger partial charge in [0.2, 0.25) is 6.19 Å². The molecule has 1 fully saturated rings. The fourth-order valence-corrected chi connectivity index (χ4v) is 3.47. The lowest BCUT2D eigenvalue weighted by molar-refractivity contribution is -0.154. The highest BCUT2D eigenvalue weighted by Crippen LogP contribution is 2.32. The van der Waals surface area contributed by atoms with E-state index < -0.39 is 5.60 Å². The molecule has 1 aliphatic rings. The molecule has 1 atom stereocenters. The first-order valence-electron chi connectivity index (χ1n) is 4.91. The number of hydrogen-bond acceptors (Lipinski definition) is 6. The average Bonchev–Trinajstić information content (AvgIpc) is 2.16. The monoisotopic (exact) mass is 258 g/mol. The van der Waals surface area contributed by atoms with Crippen molar-refractivity contribution in [3.05, 3.63) is 0 Å². The van der Waals surface area contributed by atoms with Crippen LogP contribution in [0.15, 0.2) is 4.99 Å². The van der Waals surface area contributed by atoms with Gasteiger partial charge in [0.25, 0.3) is 0 Å². The van der Waals surface area contributed by atoms with Gasteiger partial charge in [0.1, 0.15) is 15.2 Å². The van der Waals surface area contributed by atoms with Gasteiger partial charge in [-0.1, -0.05) is 23.5 Å². The Hall–Kier alpha value is -0.670. The van der Waals surface area contributed by atoms with Crippen molar-refractivity contribution < 1.29 is 9.53 Å². The first-order chi connectivity index (χ1) is 7.42. The molecule has 88 valence electrons.